The fourth-order valence-corrected chi connectivity index (χ4v) is 2.59. The molecule has 0 saturated heterocycles. The summed E-state index contributed by atoms with van der Waals surface area (Å²) in [5, 5.41) is 3.28. The molecule has 0 aliphatic carbocycles. The third-order valence-corrected chi connectivity index (χ3v) is 3.69. The van der Waals surface area contributed by atoms with Crippen LogP contribution in [0.5, 0.6) is 5.75 Å². The smallest absolute Gasteiger partial charge is 0.293 e. The van der Waals surface area contributed by atoms with Crippen molar-refractivity contribution in [1.29, 1.82) is 0 Å². The Morgan fingerprint density at radius 3 is 3.00 bits per heavy atom. The molecule has 1 N–H and O–H groups in total. The monoisotopic (exact) mass is 285 g/mol. The molecular weight excluding hydrogens is 266 g/mol. The van der Waals surface area contributed by atoms with E-state index in [4.69, 9.17) is 4.74 Å². The lowest BCUT2D eigenvalue weighted by atomic mass is 10.0. The van der Waals surface area contributed by atoms with Crippen LogP contribution in [0.4, 0.5) is 5.82 Å². The van der Waals surface area contributed by atoms with Gasteiger partial charge in [-0.3, -0.25) is 4.79 Å². The van der Waals surface area contributed by atoms with Gasteiger partial charge in [0.15, 0.2) is 5.82 Å². The van der Waals surface area contributed by atoms with Gasteiger partial charge in [-0.2, -0.15) is 0 Å². The zero-order valence-electron chi connectivity index (χ0n) is 12.2. The Labute approximate surface area is 123 Å². The van der Waals surface area contributed by atoms with Crippen molar-refractivity contribution in [3.8, 4) is 5.75 Å². The maximum absolute atomic E-state index is 12.4. The molecular formula is C16H19N3O2. The molecule has 0 amide bonds. The second-order valence-corrected chi connectivity index (χ2v) is 5.45. The van der Waals surface area contributed by atoms with Crippen LogP contribution in [0.15, 0.2) is 41.5 Å². The highest BCUT2D eigenvalue weighted by molar-refractivity contribution is 5.43. The summed E-state index contributed by atoms with van der Waals surface area (Å²) in [7, 11) is 0. The van der Waals surface area contributed by atoms with Crippen LogP contribution in [0.3, 0.4) is 0 Å². The van der Waals surface area contributed by atoms with Gasteiger partial charge in [-0.15, -0.1) is 0 Å². The summed E-state index contributed by atoms with van der Waals surface area (Å²) in [6.45, 7) is 4.60. The van der Waals surface area contributed by atoms with E-state index in [1.807, 2.05) is 38.1 Å². The van der Waals surface area contributed by atoms with Crippen molar-refractivity contribution in [3.63, 3.8) is 0 Å². The predicted molar refractivity (Wildman–Crippen MR) is 81.8 cm³/mol. The largest absolute Gasteiger partial charge is 0.493 e. The van der Waals surface area contributed by atoms with E-state index in [9.17, 15) is 4.79 Å². The second-order valence-electron chi connectivity index (χ2n) is 5.45. The fraction of sp³-hybridized carbons (Fsp3) is 0.375. The zero-order chi connectivity index (χ0) is 14.8. The molecule has 1 aliphatic rings. The maximum atomic E-state index is 12.4. The Morgan fingerprint density at radius 1 is 1.38 bits per heavy atom. The van der Waals surface area contributed by atoms with Gasteiger partial charge in [0, 0.05) is 30.4 Å². The SMILES string of the molecule is CC(C)n1ccnc(NC2CCOc3ccccc32)c1=O. The van der Waals surface area contributed by atoms with Crippen LogP contribution in [-0.4, -0.2) is 16.2 Å². The number of nitrogens with zero attached hydrogens (tertiary/aromatic N) is 2. The van der Waals surface area contributed by atoms with Crippen LogP contribution in [0.25, 0.3) is 0 Å². The Kier molecular flexibility index (Phi) is 3.64. The molecule has 21 heavy (non-hydrogen) atoms. The molecule has 2 heterocycles. The van der Waals surface area contributed by atoms with Crippen LogP contribution < -0.4 is 15.6 Å². The Morgan fingerprint density at radius 2 is 2.19 bits per heavy atom. The molecule has 5 heteroatoms. The number of aromatic nitrogens is 2. The van der Waals surface area contributed by atoms with Gasteiger partial charge in [-0.1, -0.05) is 18.2 Å². The Balaban J connectivity index is 1.92. The molecule has 1 aromatic carbocycles. The van der Waals surface area contributed by atoms with E-state index in [1.165, 1.54) is 0 Å². The van der Waals surface area contributed by atoms with E-state index in [1.54, 1.807) is 17.0 Å². The molecule has 5 nitrogen and oxygen atoms in total. The van der Waals surface area contributed by atoms with Crippen molar-refractivity contribution < 1.29 is 4.74 Å². The fourth-order valence-electron chi connectivity index (χ4n) is 2.59. The summed E-state index contributed by atoms with van der Waals surface area (Å²) < 4.78 is 7.32. The van der Waals surface area contributed by atoms with Crippen LogP contribution in [0, 0.1) is 0 Å². The summed E-state index contributed by atoms with van der Waals surface area (Å²) >= 11 is 0. The highest BCUT2D eigenvalue weighted by Gasteiger charge is 2.22. The number of fused-ring (bicyclic) bond motifs is 1. The van der Waals surface area contributed by atoms with E-state index in [0.717, 1.165) is 17.7 Å². The highest BCUT2D eigenvalue weighted by Crippen LogP contribution is 2.33. The minimum atomic E-state index is -0.0866. The van der Waals surface area contributed by atoms with Gasteiger partial charge in [-0.05, 0) is 19.9 Å². The third-order valence-electron chi connectivity index (χ3n) is 3.69. The number of para-hydroxylation sites is 1. The quantitative estimate of drug-likeness (QED) is 0.942. The summed E-state index contributed by atoms with van der Waals surface area (Å²) in [6, 6.07) is 8.08. The molecule has 1 aliphatic heterocycles. The first-order chi connectivity index (χ1) is 10.2. The van der Waals surface area contributed by atoms with E-state index in [0.29, 0.717) is 12.4 Å². The number of hydrogen-bond donors (Lipinski definition) is 1. The third kappa shape index (κ3) is 2.63. The van der Waals surface area contributed by atoms with Crippen molar-refractivity contribution in [2.75, 3.05) is 11.9 Å². The molecule has 1 aromatic heterocycles. The Hall–Kier alpha value is -2.30. The second kappa shape index (κ2) is 5.60. The van der Waals surface area contributed by atoms with Crippen molar-refractivity contribution in [2.45, 2.75) is 32.4 Å². The topological polar surface area (TPSA) is 56.1 Å². The maximum Gasteiger partial charge on any atom is 0.293 e. The highest BCUT2D eigenvalue weighted by atomic mass is 16.5. The van der Waals surface area contributed by atoms with Crippen LogP contribution in [-0.2, 0) is 0 Å². The molecule has 3 rings (SSSR count). The zero-order valence-corrected chi connectivity index (χ0v) is 12.2. The number of nitrogens with one attached hydrogen (secondary N) is 1. The number of ether oxygens (including phenoxy) is 1. The van der Waals surface area contributed by atoms with Crippen LogP contribution in [0.1, 0.15) is 37.9 Å². The molecule has 1 atom stereocenters. The molecule has 0 saturated carbocycles. The number of hydrogen-bond acceptors (Lipinski definition) is 4. The van der Waals surface area contributed by atoms with Gasteiger partial charge in [0.1, 0.15) is 5.75 Å². The molecule has 0 fully saturated rings. The van der Waals surface area contributed by atoms with Gasteiger partial charge in [0.25, 0.3) is 5.56 Å². The average Bonchev–Trinajstić information content (AvgIpc) is 2.49. The summed E-state index contributed by atoms with van der Waals surface area (Å²) in [5.41, 5.74) is 0.987. The summed E-state index contributed by atoms with van der Waals surface area (Å²) in [6.07, 6.45) is 4.19. The molecule has 0 spiro atoms. The first-order valence-electron chi connectivity index (χ1n) is 7.22. The first-order valence-corrected chi connectivity index (χ1v) is 7.22. The van der Waals surface area contributed by atoms with Crippen LogP contribution >= 0.6 is 0 Å². The predicted octanol–water partition coefficient (Wildman–Crippen LogP) is 2.76. The van der Waals surface area contributed by atoms with E-state index < -0.39 is 0 Å². The van der Waals surface area contributed by atoms with Crippen molar-refractivity contribution in [2.24, 2.45) is 0 Å². The lowest BCUT2D eigenvalue weighted by Gasteiger charge is -2.27. The number of benzene rings is 1. The molecule has 2 aromatic rings. The van der Waals surface area contributed by atoms with Crippen molar-refractivity contribution in [3.05, 3.63) is 52.6 Å². The van der Waals surface area contributed by atoms with Gasteiger partial charge in [0.2, 0.25) is 0 Å². The lowest BCUT2D eigenvalue weighted by molar-refractivity contribution is 0.274. The standard InChI is InChI=1S/C16H19N3O2/c1-11(2)19-9-8-17-15(16(19)20)18-13-7-10-21-14-6-4-3-5-12(13)14/h3-6,8-9,11,13H,7,10H2,1-2H3,(H,17,18). The van der Waals surface area contributed by atoms with E-state index in [2.05, 4.69) is 10.3 Å². The van der Waals surface area contributed by atoms with Crippen molar-refractivity contribution >= 4 is 5.82 Å². The number of rotatable bonds is 3. The van der Waals surface area contributed by atoms with Gasteiger partial charge >= 0.3 is 0 Å². The minimum absolute atomic E-state index is 0.0539. The minimum Gasteiger partial charge on any atom is -0.493 e. The molecule has 0 bridgehead atoms. The average molecular weight is 285 g/mol. The lowest BCUT2D eigenvalue weighted by Crippen LogP contribution is -2.29. The van der Waals surface area contributed by atoms with Crippen LogP contribution in [0.2, 0.25) is 0 Å². The summed E-state index contributed by atoms with van der Waals surface area (Å²) in [5.74, 6) is 1.27. The van der Waals surface area contributed by atoms with Gasteiger partial charge in [0.05, 0.1) is 12.6 Å². The molecule has 0 radical (unpaired) electrons. The Bertz CT molecular complexity index is 694. The first kappa shape index (κ1) is 13.7. The van der Waals surface area contributed by atoms with E-state index in [-0.39, 0.29) is 17.6 Å². The van der Waals surface area contributed by atoms with Gasteiger partial charge in [-0.25, -0.2) is 4.98 Å². The molecule has 110 valence electrons. The normalized spacial score (nSPS) is 17.2. The van der Waals surface area contributed by atoms with Gasteiger partial charge < -0.3 is 14.6 Å². The van der Waals surface area contributed by atoms with Crippen molar-refractivity contribution in [1.82, 2.24) is 9.55 Å². The van der Waals surface area contributed by atoms with E-state index >= 15 is 0 Å². The molecule has 1 unspecified atom stereocenters. The number of anilines is 1. The summed E-state index contributed by atoms with van der Waals surface area (Å²) in [4.78, 5) is 16.6.